The second-order valence-corrected chi connectivity index (χ2v) is 4.95. The summed E-state index contributed by atoms with van der Waals surface area (Å²) in [5.41, 5.74) is -0.336. The fraction of sp³-hybridized carbons (Fsp3) is 0.0769. The Labute approximate surface area is 132 Å². The Balaban J connectivity index is 2.60. The number of benzene rings is 2. The van der Waals surface area contributed by atoms with Crippen LogP contribution in [0.5, 0.6) is 5.75 Å². The standard InChI is InChI=1S/C13H6Cl2F3NO3/c14-7-1-3-9(11(15)5-7)10-6-8(22-13(16,17)18)2-4-12(10)19(20)21/h1-6H. The zero-order chi connectivity index (χ0) is 16.5. The van der Waals surface area contributed by atoms with E-state index in [1.165, 1.54) is 18.2 Å². The van der Waals surface area contributed by atoms with Crippen LogP contribution in [0.1, 0.15) is 0 Å². The average molecular weight is 352 g/mol. The van der Waals surface area contributed by atoms with Gasteiger partial charge >= 0.3 is 6.36 Å². The SMILES string of the molecule is O=[N+]([O-])c1ccc(OC(F)(F)F)cc1-c1ccc(Cl)cc1Cl. The van der Waals surface area contributed by atoms with Crippen molar-refractivity contribution in [1.82, 2.24) is 0 Å². The fourth-order valence-electron chi connectivity index (χ4n) is 1.80. The van der Waals surface area contributed by atoms with Gasteiger partial charge in [0.15, 0.2) is 0 Å². The molecule has 0 heterocycles. The minimum absolute atomic E-state index is 0.0692. The highest BCUT2D eigenvalue weighted by Crippen LogP contribution is 2.39. The summed E-state index contributed by atoms with van der Waals surface area (Å²) < 4.78 is 40.6. The van der Waals surface area contributed by atoms with E-state index >= 15 is 0 Å². The second-order valence-electron chi connectivity index (χ2n) is 4.11. The first kappa shape index (κ1) is 16.4. The minimum atomic E-state index is -4.91. The average Bonchev–Trinajstić information content (AvgIpc) is 2.36. The molecule has 0 unspecified atom stereocenters. The van der Waals surface area contributed by atoms with Gasteiger partial charge in [-0.05, 0) is 24.3 Å². The van der Waals surface area contributed by atoms with Crippen LogP contribution < -0.4 is 4.74 Å². The van der Waals surface area contributed by atoms with Gasteiger partial charge in [-0.3, -0.25) is 10.1 Å². The van der Waals surface area contributed by atoms with Crippen LogP contribution in [0.4, 0.5) is 18.9 Å². The molecule has 9 heteroatoms. The second kappa shape index (κ2) is 6.02. The third-order valence-corrected chi connectivity index (χ3v) is 3.17. The van der Waals surface area contributed by atoms with Crippen molar-refractivity contribution >= 4 is 28.9 Å². The first-order valence-electron chi connectivity index (χ1n) is 5.67. The first-order chi connectivity index (χ1) is 10.2. The zero-order valence-electron chi connectivity index (χ0n) is 10.5. The lowest BCUT2D eigenvalue weighted by Crippen LogP contribution is -2.17. The van der Waals surface area contributed by atoms with Gasteiger partial charge in [0.25, 0.3) is 5.69 Å². The molecule has 0 aliphatic carbocycles. The summed E-state index contributed by atoms with van der Waals surface area (Å²) in [6.45, 7) is 0. The summed E-state index contributed by atoms with van der Waals surface area (Å²) in [5.74, 6) is -0.584. The maximum Gasteiger partial charge on any atom is 0.573 e. The number of nitro groups is 1. The third kappa shape index (κ3) is 3.80. The molecule has 0 radical (unpaired) electrons. The normalized spacial score (nSPS) is 11.3. The largest absolute Gasteiger partial charge is 0.573 e. The molecule has 0 saturated carbocycles. The predicted octanol–water partition coefficient (Wildman–Crippen LogP) is 5.47. The molecule has 0 aromatic heterocycles. The summed E-state index contributed by atoms with van der Waals surface area (Å²) in [6.07, 6.45) is -4.91. The molecule has 2 aromatic carbocycles. The van der Waals surface area contributed by atoms with E-state index in [1.54, 1.807) is 0 Å². The molecule has 4 nitrogen and oxygen atoms in total. The van der Waals surface area contributed by atoms with Crippen LogP contribution in [-0.4, -0.2) is 11.3 Å². The lowest BCUT2D eigenvalue weighted by Gasteiger charge is -2.11. The Bertz CT molecular complexity index is 735. The number of hydrogen-bond acceptors (Lipinski definition) is 3. The van der Waals surface area contributed by atoms with Gasteiger partial charge < -0.3 is 4.74 Å². The summed E-state index contributed by atoms with van der Waals surface area (Å²) in [5, 5.41) is 11.4. The van der Waals surface area contributed by atoms with Gasteiger partial charge in [-0.1, -0.05) is 29.3 Å². The molecule has 0 atom stereocenters. The molecule has 0 aliphatic rings. The van der Waals surface area contributed by atoms with Gasteiger partial charge in [0, 0.05) is 16.7 Å². The molecule has 2 aromatic rings. The zero-order valence-corrected chi connectivity index (χ0v) is 12.0. The van der Waals surface area contributed by atoms with Gasteiger partial charge in [0.1, 0.15) is 5.75 Å². The van der Waals surface area contributed by atoms with Gasteiger partial charge in [-0.2, -0.15) is 0 Å². The van der Waals surface area contributed by atoms with Crippen LogP contribution >= 0.6 is 23.2 Å². The Kier molecular flexibility index (Phi) is 4.48. The van der Waals surface area contributed by atoms with Crippen molar-refractivity contribution in [2.45, 2.75) is 6.36 Å². The molecule has 0 aliphatic heterocycles. The van der Waals surface area contributed by atoms with Crippen LogP contribution in [0.15, 0.2) is 36.4 Å². The summed E-state index contributed by atoms with van der Waals surface area (Å²) in [7, 11) is 0. The van der Waals surface area contributed by atoms with Gasteiger partial charge in [0.05, 0.1) is 15.5 Å². The highest BCUT2D eigenvalue weighted by atomic mass is 35.5. The lowest BCUT2D eigenvalue weighted by atomic mass is 10.0. The summed E-state index contributed by atoms with van der Waals surface area (Å²) in [4.78, 5) is 10.3. The first-order valence-corrected chi connectivity index (χ1v) is 6.42. The molecule has 0 N–H and O–H groups in total. The highest BCUT2D eigenvalue weighted by Gasteiger charge is 2.32. The number of nitro benzene ring substituents is 1. The van der Waals surface area contributed by atoms with E-state index in [4.69, 9.17) is 23.2 Å². The van der Waals surface area contributed by atoms with E-state index < -0.39 is 22.7 Å². The lowest BCUT2D eigenvalue weighted by molar-refractivity contribution is -0.384. The number of nitrogens with zero attached hydrogens (tertiary/aromatic N) is 1. The number of alkyl halides is 3. The molecular weight excluding hydrogens is 346 g/mol. The van der Waals surface area contributed by atoms with Gasteiger partial charge in [-0.25, -0.2) is 0 Å². The molecule has 0 fully saturated rings. The van der Waals surface area contributed by atoms with Gasteiger partial charge in [0.2, 0.25) is 0 Å². The molecule has 0 bridgehead atoms. The minimum Gasteiger partial charge on any atom is -0.406 e. The Hall–Kier alpha value is -1.99. The van der Waals surface area contributed by atoms with Gasteiger partial charge in [-0.15, -0.1) is 13.2 Å². The predicted molar refractivity (Wildman–Crippen MR) is 75.2 cm³/mol. The molecule has 0 amide bonds. The Morgan fingerprint density at radius 2 is 1.73 bits per heavy atom. The molecule has 2 rings (SSSR count). The van der Waals surface area contributed by atoms with Crippen molar-refractivity contribution in [1.29, 1.82) is 0 Å². The fourth-order valence-corrected chi connectivity index (χ4v) is 2.31. The maximum atomic E-state index is 12.3. The van der Waals surface area contributed by atoms with E-state index in [1.807, 2.05) is 0 Å². The third-order valence-electron chi connectivity index (χ3n) is 2.62. The van der Waals surface area contributed by atoms with Crippen molar-refractivity contribution in [2.24, 2.45) is 0 Å². The van der Waals surface area contributed by atoms with Crippen molar-refractivity contribution in [3.05, 3.63) is 56.6 Å². The van der Waals surface area contributed by atoms with Crippen LogP contribution in [0.3, 0.4) is 0 Å². The highest BCUT2D eigenvalue weighted by molar-refractivity contribution is 6.36. The van der Waals surface area contributed by atoms with E-state index in [0.29, 0.717) is 5.02 Å². The quantitative estimate of drug-likeness (QED) is 0.544. The summed E-state index contributed by atoms with van der Waals surface area (Å²) >= 11 is 11.7. The molecule has 22 heavy (non-hydrogen) atoms. The molecular formula is C13H6Cl2F3NO3. The number of rotatable bonds is 3. The van der Waals surface area contributed by atoms with E-state index in [-0.39, 0.29) is 16.1 Å². The summed E-state index contributed by atoms with van der Waals surface area (Å²) in [6, 6.07) is 6.81. The smallest absolute Gasteiger partial charge is 0.406 e. The van der Waals surface area contributed by atoms with Crippen molar-refractivity contribution in [3.63, 3.8) is 0 Å². The number of ether oxygens (including phenoxy) is 1. The maximum absolute atomic E-state index is 12.3. The van der Waals surface area contributed by atoms with Crippen molar-refractivity contribution in [3.8, 4) is 16.9 Å². The van der Waals surface area contributed by atoms with Crippen molar-refractivity contribution < 1.29 is 22.8 Å². The van der Waals surface area contributed by atoms with Crippen LogP contribution in [0.25, 0.3) is 11.1 Å². The Morgan fingerprint density at radius 1 is 1.05 bits per heavy atom. The van der Waals surface area contributed by atoms with Crippen LogP contribution in [0.2, 0.25) is 10.0 Å². The number of halogens is 5. The van der Waals surface area contributed by atoms with Crippen molar-refractivity contribution in [2.75, 3.05) is 0 Å². The van der Waals surface area contributed by atoms with Crippen LogP contribution in [-0.2, 0) is 0 Å². The molecule has 116 valence electrons. The molecule has 0 spiro atoms. The topological polar surface area (TPSA) is 52.4 Å². The van der Waals surface area contributed by atoms with Crippen LogP contribution in [0, 0.1) is 10.1 Å². The van der Waals surface area contributed by atoms with E-state index in [0.717, 1.165) is 18.2 Å². The van der Waals surface area contributed by atoms with E-state index in [2.05, 4.69) is 4.74 Å². The monoisotopic (exact) mass is 351 g/mol. The number of hydrogen-bond donors (Lipinski definition) is 0. The molecule has 0 saturated heterocycles. The Morgan fingerprint density at radius 3 is 2.27 bits per heavy atom. The van der Waals surface area contributed by atoms with E-state index in [9.17, 15) is 23.3 Å².